The number of imide groups is 2. The van der Waals surface area contributed by atoms with Crippen molar-refractivity contribution >= 4 is 56.1 Å². The molecule has 0 saturated carbocycles. The molecule has 0 spiro atoms. The van der Waals surface area contributed by atoms with Crippen molar-refractivity contribution in [1.82, 2.24) is 10.2 Å². The summed E-state index contributed by atoms with van der Waals surface area (Å²) in [4.78, 5) is 50.0. The van der Waals surface area contributed by atoms with Gasteiger partial charge in [-0.1, -0.05) is 28.7 Å². The molecular weight excluding hydrogens is 583 g/mol. The zero-order valence-electron chi connectivity index (χ0n) is 18.3. The lowest BCUT2D eigenvalue weighted by Crippen LogP contribution is -2.54. The predicted octanol–water partition coefficient (Wildman–Crippen LogP) is 0.346. The van der Waals surface area contributed by atoms with Crippen LogP contribution in [0.15, 0.2) is 23.1 Å². The van der Waals surface area contributed by atoms with Crippen LogP contribution in [0.1, 0.15) is 33.6 Å². The largest absolute Gasteiger partial charge is 0.378 e. The number of nitrogens with zero attached hydrogens (tertiary/aromatic N) is 1. The van der Waals surface area contributed by atoms with Gasteiger partial charge in [0.05, 0.1) is 61.4 Å². The fraction of sp³-hybridized carbons (Fsp3) is 0.524. The van der Waals surface area contributed by atoms with Gasteiger partial charge >= 0.3 is 0 Å². The van der Waals surface area contributed by atoms with Crippen LogP contribution in [-0.2, 0) is 33.6 Å². The maximum Gasteiger partial charge on any atom is 0.263 e. The second-order valence-corrected chi connectivity index (χ2v) is 10.6. The SMILES string of the molecule is O=C1CCC(N2C(=O)c3cccc(S(=O)(=O)CCOCCOCCOCCI)c3C2=O)C(=O)N1. The number of piperidine rings is 1. The molecule has 1 atom stereocenters. The van der Waals surface area contributed by atoms with E-state index in [9.17, 15) is 27.6 Å². The summed E-state index contributed by atoms with van der Waals surface area (Å²) in [7, 11) is -3.97. The summed E-state index contributed by atoms with van der Waals surface area (Å²) in [6.07, 6.45) is -0.0417. The third kappa shape index (κ3) is 6.19. The summed E-state index contributed by atoms with van der Waals surface area (Å²) in [6, 6.07) is 2.81. The van der Waals surface area contributed by atoms with Crippen LogP contribution in [0.5, 0.6) is 0 Å². The maximum absolute atomic E-state index is 13.1. The second kappa shape index (κ2) is 12.2. The summed E-state index contributed by atoms with van der Waals surface area (Å²) >= 11 is 2.21. The molecule has 1 aromatic carbocycles. The molecular formula is C21H25IN2O9S. The first-order valence-electron chi connectivity index (χ1n) is 10.6. The van der Waals surface area contributed by atoms with E-state index >= 15 is 0 Å². The number of halogens is 1. The van der Waals surface area contributed by atoms with E-state index in [-0.39, 0.29) is 48.7 Å². The van der Waals surface area contributed by atoms with Gasteiger partial charge in [0.2, 0.25) is 11.8 Å². The van der Waals surface area contributed by atoms with Gasteiger partial charge in [0.25, 0.3) is 11.8 Å². The lowest BCUT2D eigenvalue weighted by Gasteiger charge is -2.27. The molecule has 1 fully saturated rings. The van der Waals surface area contributed by atoms with Gasteiger partial charge in [-0.2, -0.15) is 0 Å². The minimum absolute atomic E-state index is 0.0154. The number of benzene rings is 1. The van der Waals surface area contributed by atoms with E-state index in [0.29, 0.717) is 19.8 Å². The van der Waals surface area contributed by atoms with Gasteiger partial charge < -0.3 is 14.2 Å². The summed E-state index contributed by atoms with van der Waals surface area (Å²) in [5.41, 5.74) is -0.345. The molecule has 0 aromatic heterocycles. The van der Waals surface area contributed by atoms with Crippen molar-refractivity contribution in [3.63, 3.8) is 0 Å². The van der Waals surface area contributed by atoms with Crippen LogP contribution < -0.4 is 5.32 Å². The topological polar surface area (TPSA) is 145 Å². The standard InChI is InChI=1S/C21H25IN2O9S/c22-6-7-31-8-9-32-10-11-33-12-13-34(29,30)16-3-1-2-14-18(16)21(28)24(20(14)27)15-4-5-17(25)23-19(15)26/h1-3,15H,4-13H2,(H,23,25,26). The molecule has 0 radical (unpaired) electrons. The molecule has 2 heterocycles. The highest BCUT2D eigenvalue weighted by atomic mass is 127. The van der Waals surface area contributed by atoms with Crippen LogP contribution in [0.2, 0.25) is 0 Å². The molecule has 1 unspecified atom stereocenters. The van der Waals surface area contributed by atoms with E-state index < -0.39 is 45.3 Å². The molecule has 1 saturated heterocycles. The first-order valence-corrected chi connectivity index (χ1v) is 13.8. The van der Waals surface area contributed by atoms with Crippen LogP contribution in [0.4, 0.5) is 0 Å². The summed E-state index contributed by atoms with van der Waals surface area (Å²) in [5.74, 6) is -3.28. The Hall–Kier alpha value is -1.94. The van der Waals surface area contributed by atoms with Crippen LogP contribution in [0.25, 0.3) is 0 Å². The number of ether oxygens (including phenoxy) is 3. The van der Waals surface area contributed by atoms with E-state index in [1.807, 2.05) is 0 Å². The molecule has 1 N–H and O–H groups in total. The summed E-state index contributed by atoms with van der Waals surface area (Å²) in [6.45, 7) is 1.88. The summed E-state index contributed by atoms with van der Waals surface area (Å²) < 4.78 is 42.7. The van der Waals surface area contributed by atoms with Gasteiger partial charge in [-0.3, -0.25) is 29.4 Å². The van der Waals surface area contributed by atoms with Crippen molar-refractivity contribution in [2.24, 2.45) is 0 Å². The van der Waals surface area contributed by atoms with Gasteiger partial charge in [0, 0.05) is 10.8 Å². The van der Waals surface area contributed by atoms with E-state index in [1.165, 1.54) is 18.2 Å². The molecule has 3 rings (SSSR count). The first-order chi connectivity index (χ1) is 16.3. The highest BCUT2D eigenvalue weighted by Gasteiger charge is 2.46. The van der Waals surface area contributed by atoms with E-state index in [4.69, 9.17) is 14.2 Å². The molecule has 0 bridgehead atoms. The number of carbonyl (C=O) groups is 4. The fourth-order valence-electron chi connectivity index (χ4n) is 3.62. The number of hydrogen-bond acceptors (Lipinski definition) is 9. The normalized spacial score (nSPS) is 18.4. The highest BCUT2D eigenvalue weighted by molar-refractivity contribution is 14.1. The lowest BCUT2D eigenvalue weighted by molar-refractivity contribution is -0.136. The Bertz CT molecular complexity index is 1060. The molecule has 11 nitrogen and oxygen atoms in total. The third-order valence-corrected chi connectivity index (χ3v) is 7.38. The molecule has 186 valence electrons. The quantitative estimate of drug-likeness (QED) is 0.145. The van der Waals surface area contributed by atoms with Crippen molar-refractivity contribution in [2.75, 3.05) is 49.8 Å². The van der Waals surface area contributed by atoms with E-state index in [1.54, 1.807) is 0 Å². The molecule has 13 heteroatoms. The zero-order chi connectivity index (χ0) is 24.7. The second-order valence-electron chi connectivity index (χ2n) is 7.47. The number of carbonyl (C=O) groups excluding carboxylic acids is 4. The molecule has 2 aliphatic heterocycles. The average Bonchev–Trinajstić information content (AvgIpc) is 3.05. The highest BCUT2D eigenvalue weighted by Crippen LogP contribution is 2.32. The number of rotatable bonds is 13. The third-order valence-electron chi connectivity index (χ3n) is 5.23. The fourth-order valence-corrected chi connectivity index (χ4v) is 5.28. The Morgan fingerprint density at radius 1 is 0.941 bits per heavy atom. The lowest BCUT2D eigenvalue weighted by atomic mass is 10.0. The van der Waals surface area contributed by atoms with Crippen LogP contribution in [0, 0.1) is 0 Å². The smallest absolute Gasteiger partial charge is 0.263 e. The number of nitrogens with one attached hydrogen (secondary N) is 1. The van der Waals surface area contributed by atoms with Gasteiger partial charge in [0.15, 0.2) is 9.84 Å². The molecule has 2 aliphatic rings. The Labute approximate surface area is 210 Å². The van der Waals surface area contributed by atoms with Gasteiger partial charge in [-0.25, -0.2) is 8.42 Å². The van der Waals surface area contributed by atoms with Crippen molar-refractivity contribution in [3.8, 4) is 0 Å². The Kier molecular flexibility index (Phi) is 9.53. The maximum atomic E-state index is 13.1. The number of amides is 4. The van der Waals surface area contributed by atoms with Gasteiger partial charge in [-0.15, -0.1) is 0 Å². The predicted molar refractivity (Wildman–Crippen MR) is 127 cm³/mol. The van der Waals surface area contributed by atoms with Crippen LogP contribution in [0.3, 0.4) is 0 Å². The van der Waals surface area contributed by atoms with Gasteiger partial charge in [-0.05, 0) is 18.6 Å². The number of alkyl halides is 1. The number of hydrogen-bond donors (Lipinski definition) is 1. The van der Waals surface area contributed by atoms with Crippen molar-refractivity contribution in [1.29, 1.82) is 0 Å². The number of fused-ring (bicyclic) bond motifs is 1. The van der Waals surface area contributed by atoms with Crippen LogP contribution >= 0.6 is 22.6 Å². The van der Waals surface area contributed by atoms with Crippen molar-refractivity contribution in [2.45, 2.75) is 23.8 Å². The zero-order valence-corrected chi connectivity index (χ0v) is 21.3. The van der Waals surface area contributed by atoms with E-state index in [0.717, 1.165) is 9.33 Å². The Balaban J connectivity index is 1.60. The first kappa shape index (κ1) is 26.7. The Morgan fingerprint density at radius 3 is 2.24 bits per heavy atom. The average molecular weight is 608 g/mol. The minimum atomic E-state index is -3.97. The monoisotopic (exact) mass is 608 g/mol. The minimum Gasteiger partial charge on any atom is -0.378 e. The molecule has 1 aromatic rings. The summed E-state index contributed by atoms with van der Waals surface area (Å²) in [5, 5.41) is 2.10. The van der Waals surface area contributed by atoms with Crippen molar-refractivity contribution < 1.29 is 41.8 Å². The number of sulfone groups is 1. The Morgan fingerprint density at radius 2 is 1.59 bits per heavy atom. The molecule has 0 aliphatic carbocycles. The van der Waals surface area contributed by atoms with Crippen LogP contribution in [-0.4, -0.2) is 92.8 Å². The van der Waals surface area contributed by atoms with Gasteiger partial charge in [0.1, 0.15) is 6.04 Å². The van der Waals surface area contributed by atoms with Crippen molar-refractivity contribution in [3.05, 3.63) is 29.3 Å². The molecule has 34 heavy (non-hydrogen) atoms. The molecule has 4 amide bonds. The van der Waals surface area contributed by atoms with E-state index in [2.05, 4.69) is 27.9 Å².